The van der Waals surface area contributed by atoms with E-state index in [0.717, 1.165) is 6.42 Å². The van der Waals surface area contributed by atoms with E-state index in [4.69, 9.17) is 4.74 Å². The van der Waals surface area contributed by atoms with Crippen molar-refractivity contribution in [1.82, 2.24) is 5.32 Å². The third-order valence-electron chi connectivity index (χ3n) is 4.20. The molecule has 0 bridgehead atoms. The number of rotatable bonds is 5. The SMILES string of the molecule is CNC(CC1Cc2ccccc21)C(C)(C)OC. The molecule has 2 atom stereocenters. The molecule has 0 saturated heterocycles. The first kappa shape index (κ1) is 12.6. The van der Waals surface area contributed by atoms with Crippen molar-refractivity contribution in [3.05, 3.63) is 35.4 Å². The van der Waals surface area contributed by atoms with E-state index < -0.39 is 0 Å². The van der Waals surface area contributed by atoms with Crippen LogP contribution in [0.2, 0.25) is 0 Å². The summed E-state index contributed by atoms with van der Waals surface area (Å²) in [6, 6.07) is 9.16. The van der Waals surface area contributed by atoms with Crippen LogP contribution in [0.3, 0.4) is 0 Å². The van der Waals surface area contributed by atoms with Gasteiger partial charge < -0.3 is 10.1 Å². The molecule has 0 saturated carbocycles. The monoisotopic (exact) mass is 233 g/mol. The molecule has 2 heteroatoms. The zero-order valence-corrected chi connectivity index (χ0v) is 11.3. The molecule has 2 rings (SSSR count). The molecule has 2 nitrogen and oxygen atoms in total. The standard InChI is InChI=1S/C15H23NO/c1-15(2,17-4)14(16-3)10-12-9-11-7-5-6-8-13(11)12/h5-8,12,14,16H,9-10H2,1-4H3. The van der Waals surface area contributed by atoms with Crippen LogP contribution in [0.4, 0.5) is 0 Å². The van der Waals surface area contributed by atoms with Crippen LogP contribution in [0.15, 0.2) is 24.3 Å². The van der Waals surface area contributed by atoms with Crippen LogP contribution in [-0.4, -0.2) is 25.8 Å². The van der Waals surface area contributed by atoms with Crippen molar-refractivity contribution in [3.8, 4) is 0 Å². The molecule has 94 valence electrons. The molecule has 0 heterocycles. The lowest BCUT2D eigenvalue weighted by Crippen LogP contribution is -2.48. The molecule has 17 heavy (non-hydrogen) atoms. The van der Waals surface area contributed by atoms with Gasteiger partial charge in [0, 0.05) is 13.2 Å². The Bertz CT molecular complexity index is 386. The van der Waals surface area contributed by atoms with Crippen molar-refractivity contribution in [1.29, 1.82) is 0 Å². The fraction of sp³-hybridized carbons (Fsp3) is 0.600. The maximum absolute atomic E-state index is 5.59. The highest BCUT2D eigenvalue weighted by Crippen LogP contribution is 2.39. The highest BCUT2D eigenvalue weighted by molar-refractivity contribution is 5.40. The molecule has 1 aliphatic rings. The predicted octanol–water partition coefficient (Wildman–Crippen LogP) is 2.73. The van der Waals surface area contributed by atoms with Gasteiger partial charge in [-0.25, -0.2) is 0 Å². The molecule has 0 aromatic heterocycles. The van der Waals surface area contributed by atoms with Crippen LogP contribution >= 0.6 is 0 Å². The van der Waals surface area contributed by atoms with Crippen molar-refractivity contribution in [3.63, 3.8) is 0 Å². The van der Waals surface area contributed by atoms with Crippen LogP contribution in [0.1, 0.15) is 37.3 Å². The first-order chi connectivity index (χ1) is 8.08. The Balaban J connectivity index is 2.03. The highest BCUT2D eigenvalue weighted by atomic mass is 16.5. The van der Waals surface area contributed by atoms with E-state index in [1.807, 2.05) is 7.05 Å². The van der Waals surface area contributed by atoms with Gasteiger partial charge in [0.1, 0.15) is 0 Å². The normalized spacial score (nSPS) is 20.6. The first-order valence-electron chi connectivity index (χ1n) is 6.38. The summed E-state index contributed by atoms with van der Waals surface area (Å²) in [5, 5.41) is 3.40. The number of fused-ring (bicyclic) bond motifs is 1. The molecule has 2 unspecified atom stereocenters. The molecule has 0 aliphatic heterocycles. The Morgan fingerprint density at radius 1 is 1.41 bits per heavy atom. The second kappa shape index (κ2) is 4.79. The van der Waals surface area contributed by atoms with Crippen LogP contribution in [0, 0.1) is 0 Å². The molecule has 1 aromatic carbocycles. The van der Waals surface area contributed by atoms with Gasteiger partial charge in [-0.3, -0.25) is 0 Å². The quantitative estimate of drug-likeness (QED) is 0.844. The number of hydrogen-bond acceptors (Lipinski definition) is 2. The molecule has 0 radical (unpaired) electrons. The Hall–Kier alpha value is -0.860. The summed E-state index contributed by atoms with van der Waals surface area (Å²) in [4.78, 5) is 0. The van der Waals surface area contributed by atoms with E-state index in [0.29, 0.717) is 12.0 Å². The largest absolute Gasteiger partial charge is 0.377 e. The third kappa shape index (κ3) is 2.38. The summed E-state index contributed by atoms with van der Waals surface area (Å²) in [5.41, 5.74) is 2.93. The fourth-order valence-corrected chi connectivity index (χ4v) is 2.75. The van der Waals surface area contributed by atoms with Gasteiger partial charge in [0.05, 0.1) is 5.60 Å². The average Bonchev–Trinajstić information content (AvgIpc) is 2.30. The molecular weight excluding hydrogens is 210 g/mol. The zero-order chi connectivity index (χ0) is 12.5. The summed E-state index contributed by atoms with van der Waals surface area (Å²) in [7, 11) is 3.81. The fourth-order valence-electron chi connectivity index (χ4n) is 2.75. The van der Waals surface area contributed by atoms with Gasteiger partial charge in [-0.15, -0.1) is 0 Å². The topological polar surface area (TPSA) is 21.3 Å². The Kier molecular flexibility index (Phi) is 3.55. The second-order valence-corrected chi connectivity index (χ2v) is 5.48. The minimum Gasteiger partial charge on any atom is -0.377 e. The molecule has 1 aliphatic carbocycles. The van der Waals surface area contributed by atoms with Gasteiger partial charge in [-0.1, -0.05) is 24.3 Å². The Morgan fingerprint density at radius 2 is 2.12 bits per heavy atom. The van der Waals surface area contributed by atoms with Gasteiger partial charge >= 0.3 is 0 Å². The number of ether oxygens (including phenoxy) is 1. The van der Waals surface area contributed by atoms with Gasteiger partial charge in [-0.2, -0.15) is 0 Å². The van der Waals surface area contributed by atoms with E-state index in [1.54, 1.807) is 7.11 Å². The van der Waals surface area contributed by atoms with E-state index in [2.05, 4.69) is 43.4 Å². The van der Waals surface area contributed by atoms with Crippen LogP contribution < -0.4 is 5.32 Å². The van der Waals surface area contributed by atoms with Crippen molar-refractivity contribution >= 4 is 0 Å². The lowest BCUT2D eigenvalue weighted by Gasteiger charge is -2.39. The van der Waals surface area contributed by atoms with Gasteiger partial charge in [-0.05, 0) is 50.8 Å². The summed E-state index contributed by atoms with van der Waals surface area (Å²) in [5.74, 6) is 0.693. The van der Waals surface area contributed by atoms with Crippen molar-refractivity contribution < 1.29 is 4.74 Å². The second-order valence-electron chi connectivity index (χ2n) is 5.48. The van der Waals surface area contributed by atoms with Crippen LogP contribution in [0.25, 0.3) is 0 Å². The Labute approximate surface area is 104 Å². The maximum Gasteiger partial charge on any atom is 0.0775 e. The number of likely N-dealkylation sites (N-methyl/N-ethyl adjacent to an activating group) is 1. The molecule has 0 spiro atoms. The average molecular weight is 233 g/mol. The molecule has 0 fully saturated rings. The lowest BCUT2D eigenvalue weighted by molar-refractivity contribution is -0.0128. The molecule has 1 aromatic rings. The van der Waals surface area contributed by atoms with E-state index in [1.165, 1.54) is 17.5 Å². The van der Waals surface area contributed by atoms with Crippen molar-refractivity contribution in [2.75, 3.05) is 14.2 Å². The van der Waals surface area contributed by atoms with Crippen molar-refractivity contribution in [2.45, 2.75) is 44.2 Å². The highest BCUT2D eigenvalue weighted by Gasteiger charge is 2.34. The smallest absolute Gasteiger partial charge is 0.0775 e. The zero-order valence-electron chi connectivity index (χ0n) is 11.3. The maximum atomic E-state index is 5.59. The first-order valence-corrected chi connectivity index (χ1v) is 6.38. The van der Waals surface area contributed by atoms with E-state index in [9.17, 15) is 0 Å². The van der Waals surface area contributed by atoms with Gasteiger partial charge in [0.2, 0.25) is 0 Å². The van der Waals surface area contributed by atoms with Gasteiger partial charge in [0.15, 0.2) is 0 Å². The molecular formula is C15H23NO. The number of benzene rings is 1. The third-order valence-corrected chi connectivity index (χ3v) is 4.20. The van der Waals surface area contributed by atoms with Crippen LogP contribution in [0.5, 0.6) is 0 Å². The number of nitrogens with one attached hydrogen (secondary N) is 1. The summed E-state index contributed by atoms with van der Waals surface area (Å²) in [6.07, 6.45) is 2.36. The lowest BCUT2D eigenvalue weighted by atomic mass is 9.72. The minimum atomic E-state index is -0.112. The molecule has 0 amide bonds. The number of hydrogen-bond donors (Lipinski definition) is 1. The van der Waals surface area contributed by atoms with Gasteiger partial charge in [0.25, 0.3) is 0 Å². The van der Waals surface area contributed by atoms with E-state index in [-0.39, 0.29) is 5.60 Å². The minimum absolute atomic E-state index is 0.112. The summed E-state index contributed by atoms with van der Waals surface area (Å²) >= 11 is 0. The summed E-state index contributed by atoms with van der Waals surface area (Å²) in [6.45, 7) is 4.30. The van der Waals surface area contributed by atoms with Crippen molar-refractivity contribution in [2.24, 2.45) is 0 Å². The van der Waals surface area contributed by atoms with Crippen LogP contribution in [-0.2, 0) is 11.2 Å². The number of methoxy groups -OCH3 is 1. The predicted molar refractivity (Wildman–Crippen MR) is 71.4 cm³/mol. The Morgan fingerprint density at radius 3 is 2.71 bits per heavy atom. The van der Waals surface area contributed by atoms with E-state index >= 15 is 0 Å². The summed E-state index contributed by atoms with van der Waals surface area (Å²) < 4.78 is 5.59. The molecule has 1 N–H and O–H groups in total.